The molecule has 0 radical (unpaired) electrons. The van der Waals surface area contributed by atoms with Crippen molar-refractivity contribution in [3.05, 3.63) is 30.5 Å². The van der Waals surface area contributed by atoms with Gasteiger partial charge in [-0.3, -0.25) is 0 Å². The molecular formula is C10H10FN3O. The molecule has 2 aromatic rings. The van der Waals surface area contributed by atoms with E-state index < -0.39 is 6.86 Å². The minimum Gasteiger partial charge on any atom is -0.463 e. The Morgan fingerprint density at radius 1 is 1.47 bits per heavy atom. The van der Waals surface area contributed by atoms with Gasteiger partial charge >= 0.3 is 0 Å². The minimum atomic E-state index is -0.841. The fraction of sp³-hybridized carbons (Fsp3) is 0.100. The maximum absolute atomic E-state index is 12.0. The normalized spacial score (nSPS) is 10.2. The van der Waals surface area contributed by atoms with Crippen LogP contribution in [0.2, 0.25) is 0 Å². The zero-order chi connectivity index (χ0) is 10.7. The number of imidazole rings is 1. The van der Waals surface area contributed by atoms with E-state index in [9.17, 15) is 4.39 Å². The van der Waals surface area contributed by atoms with Crippen molar-refractivity contribution in [2.45, 2.75) is 0 Å². The first-order valence-electron chi connectivity index (χ1n) is 4.39. The molecule has 1 aromatic heterocycles. The van der Waals surface area contributed by atoms with Gasteiger partial charge in [-0.2, -0.15) is 0 Å². The first-order chi connectivity index (χ1) is 7.29. The third kappa shape index (κ3) is 2.07. The van der Waals surface area contributed by atoms with E-state index in [-0.39, 0.29) is 0 Å². The number of ether oxygens (including phenoxy) is 1. The molecule has 1 heterocycles. The topological polar surface area (TPSA) is 63.9 Å². The smallest absolute Gasteiger partial charge is 0.228 e. The predicted molar refractivity (Wildman–Crippen MR) is 55.0 cm³/mol. The highest BCUT2D eigenvalue weighted by molar-refractivity contribution is 5.61. The highest BCUT2D eigenvalue weighted by Crippen LogP contribution is 2.22. The van der Waals surface area contributed by atoms with Crippen molar-refractivity contribution in [2.75, 3.05) is 12.6 Å². The van der Waals surface area contributed by atoms with Crippen LogP contribution in [0.1, 0.15) is 0 Å². The Labute approximate surface area is 85.9 Å². The number of rotatable bonds is 3. The SMILES string of the molecule is Nc1nc(-c2cccc(OCF)c2)c[nH]1. The summed E-state index contributed by atoms with van der Waals surface area (Å²) in [7, 11) is 0. The van der Waals surface area contributed by atoms with Crippen LogP contribution in [0.5, 0.6) is 5.75 Å². The average Bonchev–Trinajstić information content (AvgIpc) is 2.66. The van der Waals surface area contributed by atoms with Crippen molar-refractivity contribution in [1.29, 1.82) is 0 Å². The highest BCUT2D eigenvalue weighted by Gasteiger charge is 2.03. The summed E-state index contributed by atoms with van der Waals surface area (Å²) in [5.41, 5.74) is 6.99. The summed E-state index contributed by atoms with van der Waals surface area (Å²) in [6, 6.07) is 7.00. The van der Waals surface area contributed by atoms with Crippen LogP contribution in [0.15, 0.2) is 30.5 Å². The van der Waals surface area contributed by atoms with Crippen LogP contribution >= 0.6 is 0 Å². The van der Waals surface area contributed by atoms with Gasteiger partial charge in [-0.05, 0) is 12.1 Å². The van der Waals surface area contributed by atoms with Crippen molar-refractivity contribution in [2.24, 2.45) is 0 Å². The second kappa shape index (κ2) is 4.00. The van der Waals surface area contributed by atoms with E-state index in [4.69, 9.17) is 10.5 Å². The van der Waals surface area contributed by atoms with Crippen LogP contribution < -0.4 is 10.5 Å². The lowest BCUT2D eigenvalue weighted by molar-refractivity contribution is 0.192. The molecule has 0 amide bonds. The summed E-state index contributed by atoms with van der Waals surface area (Å²) in [5, 5.41) is 0. The number of aromatic nitrogens is 2. The Hall–Kier alpha value is -2.04. The van der Waals surface area contributed by atoms with Crippen LogP contribution in [0.3, 0.4) is 0 Å². The quantitative estimate of drug-likeness (QED) is 0.808. The van der Waals surface area contributed by atoms with E-state index in [1.807, 2.05) is 6.07 Å². The molecule has 15 heavy (non-hydrogen) atoms. The van der Waals surface area contributed by atoms with Crippen molar-refractivity contribution in [3.8, 4) is 17.0 Å². The molecule has 0 aliphatic heterocycles. The molecule has 0 fully saturated rings. The fourth-order valence-corrected chi connectivity index (χ4v) is 1.29. The number of H-pyrrole nitrogens is 1. The number of halogens is 1. The molecule has 1 aromatic carbocycles. The van der Waals surface area contributed by atoms with Gasteiger partial charge in [0.1, 0.15) is 5.75 Å². The maximum atomic E-state index is 12.0. The van der Waals surface area contributed by atoms with Crippen LogP contribution in [0, 0.1) is 0 Å². The summed E-state index contributed by atoms with van der Waals surface area (Å²) >= 11 is 0. The third-order valence-electron chi connectivity index (χ3n) is 1.95. The number of hydrogen-bond acceptors (Lipinski definition) is 3. The van der Waals surface area contributed by atoms with E-state index in [0.29, 0.717) is 17.4 Å². The highest BCUT2D eigenvalue weighted by atomic mass is 19.1. The predicted octanol–water partition coefficient (Wildman–Crippen LogP) is 1.96. The van der Waals surface area contributed by atoms with E-state index in [0.717, 1.165) is 5.56 Å². The monoisotopic (exact) mass is 207 g/mol. The molecule has 0 saturated heterocycles. The Morgan fingerprint density at radius 3 is 3.00 bits per heavy atom. The molecule has 0 saturated carbocycles. The molecule has 5 heteroatoms. The Balaban J connectivity index is 2.32. The van der Waals surface area contributed by atoms with Gasteiger partial charge in [0.05, 0.1) is 5.69 Å². The number of nitrogens with two attached hydrogens (primary N) is 1. The van der Waals surface area contributed by atoms with Gasteiger partial charge in [-0.25, -0.2) is 9.37 Å². The van der Waals surface area contributed by atoms with Crippen molar-refractivity contribution in [1.82, 2.24) is 9.97 Å². The Kier molecular flexibility index (Phi) is 2.53. The van der Waals surface area contributed by atoms with Gasteiger partial charge in [0, 0.05) is 11.8 Å². The van der Waals surface area contributed by atoms with Crippen LogP contribution in [0.25, 0.3) is 11.3 Å². The zero-order valence-electron chi connectivity index (χ0n) is 7.90. The summed E-state index contributed by atoms with van der Waals surface area (Å²) in [4.78, 5) is 6.83. The molecule has 3 N–H and O–H groups in total. The number of anilines is 1. The van der Waals surface area contributed by atoms with Gasteiger partial charge in [0.2, 0.25) is 6.86 Å². The molecule has 0 bridgehead atoms. The lowest BCUT2D eigenvalue weighted by Gasteiger charge is -2.02. The number of nitrogens with zero attached hydrogens (tertiary/aromatic N) is 1. The molecule has 78 valence electrons. The number of alkyl halides is 1. The van der Waals surface area contributed by atoms with Crippen LogP contribution in [0.4, 0.5) is 10.3 Å². The largest absolute Gasteiger partial charge is 0.463 e. The zero-order valence-corrected chi connectivity index (χ0v) is 7.90. The van der Waals surface area contributed by atoms with E-state index in [1.54, 1.807) is 24.4 Å². The lowest BCUT2D eigenvalue weighted by Crippen LogP contribution is -1.90. The van der Waals surface area contributed by atoms with E-state index in [1.165, 1.54) is 0 Å². The second-order valence-electron chi connectivity index (χ2n) is 2.95. The number of nitrogen functional groups attached to an aromatic ring is 1. The molecule has 4 nitrogen and oxygen atoms in total. The molecule has 0 atom stereocenters. The molecular weight excluding hydrogens is 197 g/mol. The van der Waals surface area contributed by atoms with E-state index in [2.05, 4.69) is 9.97 Å². The molecule has 0 aliphatic carbocycles. The van der Waals surface area contributed by atoms with Gasteiger partial charge in [0.15, 0.2) is 5.95 Å². The Morgan fingerprint density at radius 2 is 2.33 bits per heavy atom. The number of hydrogen-bond donors (Lipinski definition) is 2. The molecule has 0 unspecified atom stereocenters. The van der Waals surface area contributed by atoms with Gasteiger partial charge in [-0.1, -0.05) is 12.1 Å². The molecule has 2 rings (SSSR count). The van der Waals surface area contributed by atoms with E-state index >= 15 is 0 Å². The van der Waals surface area contributed by atoms with Crippen molar-refractivity contribution in [3.63, 3.8) is 0 Å². The molecule has 0 aliphatic rings. The van der Waals surface area contributed by atoms with Crippen molar-refractivity contribution >= 4 is 5.95 Å². The summed E-state index contributed by atoms with van der Waals surface area (Å²) < 4.78 is 16.7. The lowest BCUT2D eigenvalue weighted by atomic mass is 10.1. The fourth-order valence-electron chi connectivity index (χ4n) is 1.29. The maximum Gasteiger partial charge on any atom is 0.228 e. The number of nitrogens with one attached hydrogen (secondary N) is 1. The first-order valence-corrected chi connectivity index (χ1v) is 4.39. The third-order valence-corrected chi connectivity index (χ3v) is 1.95. The Bertz CT molecular complexity index is 455. The first kappa shape index (κ1) is 9.51. The van der Waals surface area contributed by atoms with Gasteiger partial charge < -0.3 is 15.5 Å². The van der Waals surface area contributed by atoms with Gasteiger partial charge in [0.25, 0.3) is 0 Å². The second-order valence-corrected chi connectivity index (χ2v) is 2.95. The van der Waals surface area contributed by atoms with Gasteiger partial charge in [-0.15, -0.1) is 0 Å². The summed E-state index contributed by atoms with van der Waals surface area (Å²) in [5.74, 6) is 0.818. The average molecular weight is 207 g/mol. The summed E-state index contributed by atoms with van der Waals surface area (Å²) in [6.07, 6.45) is 1.68. The molecule has 0 spiro atoms. The standard InChI is InChI=1S/C10H10FN3O/c11-6-15-8-3-1-2-7(4-8)9-5-13-10(12)14-9/h1-5H,6H2,(H3,12,13,14). The van der Waals surface area contributed by atoms with Crippen LogP contribution in [-0.4, -0.2) is 16.8 Å². The minimum absolute atomic E-state index is 0.349. The van der Waals surface area contributed by atoms with Crippen molar-refractivity contribution < 1.29 is 9.13 Å². The van der Waals surface area contributed by atoms with Crippen LogP contribution in [-0.2, 0) is 0 Å². The number of benzene rings is 1. The number of aromatic amines is 1. The summed E-state index contributed by atoms with van der Waals surface area (Å²) in [6.45, 7) is -0.841.